The van der Waals surface area contributed by atoms with Crippen molar-refractivity contribution in [2.45, 2.75) is 39.5 Å². The van der Waals surface area contributed by atoms with Crippen LogP contribution in [0.1, 0.15) is 45.2 Å². The number of hydrogen-bond acceptors (Lipinski definition) is 2. The summed E-state index contributed by atoms with van der Waals surface area (Å²) in [6.07, 6.45) is 2.54. The van der Waals surface area contributed by atoms with Crippen LogP contribution in [0.2, 0.25) is 0 Å². The first-order valence-electron chi connectivity index (χ1n) is 6.44. The largest absolute Gasteiger partial charge is 0.197 e. The number of rotatable bonds is 3. The maximum atomic E-state index is 8.77. The van der Waals surface area contributed by atoms with E-state index in [0.717, 1.165) is 11.1 Å². The molecule has 98 valence electrons. The molecule has 0 fully saturated rings. The molecule has 0 unspecified atom stereocenters. The molecule has 0 aliphatic rings. The van der Waals surface area contributed by atoms with Crippen molar-refractivity contribution in [2.24, 2.45) is 5.92 Å². The normalized spacial score (nSPS) is 12.1. The lowest BCUT2D eigenvalue weighted by Crippen LogP contribution is -2.10. The Kier molecular flexibility index (Phi) is 4.90. The number of hydrogen-bond donors (Lipinski definition) is 0. The molecule has 0 saturated heterocycles. The van der Waals surface area contributed by atoms with Crippen molar-refractivity contribution in [1.29, 1.82) is 10.5 Å². The highest BCUT2D eigenvalue weighted by Gasteiger charge is 2.12. The molecule has 0 N–H and O–H groups in total. The van der Waals surface area contributed by atoms with Crippen LogP contribution in [-0.2, 0) is 5.41 Å². The summed E-state index contributed by atoms with van der Waals surface area (Å²) < 4.78 is 0. The predicted octanol–water partition coefficient (Wildman–Crippen LogP) is 4.44. The summed E-state index contributed by atoms with van der Waals surface area (Å²) in [4.78, 5) is 0. The Morgan fingerprint density at radius 2 is 1.68 bits per heavy atom. The Morgan fingerprint density at radius 1 is 1.16 bits per heavy atom. The van der Waals surface area contributed by atoms with E-state index in [-0.39, 0.29) is 5.41 Å². The van der Waals surface area contributed by atoms with Crippen molar-refractivity contribution in [3.8, 4) is 12.1 Å². The Bertz CT molecular complexity index is 517. The summed E-state index contributed by atoms with van der Waals surface area (Å²) in [5.74, 6) is -0.551. The molecule has 0 aromatic heterocycles. The van der Waals surface area contributed by atoms with Gasteiger partial charge in [-0.05, 0) is 29.9 Å². The fourth-order valence-electron chi connectivity index (χ4n) is 1.86. The topological polar surface area (TPSA) is 47.6 Å². The first-order valence-corrected chi connectivity index (χ1v) is 6.44. The van der Waals surface area contributed by atoms with Gasteiger partial charge >= 0.3 is 0 Å². The fourth-order valence-corrected chi connectivity index (χ4v) is 1.86. The number of nitrogens with zero attached hydrogens (tertiary/aromatic N) is 2. The molecule has 2 heteroatoms. The molecule has 0 aliphatic carbocycles. The third-order valence-electron chi connectivity index (χ3n) is 3.03. The maximum absolute atomic E-state index is 8.77. The van der Waals surface area contributed by atoms with Crippen LogP contribution in [0.3, 0.4) is 0 Å². The van der Waals surface area contributed by atoms with Gasteiger partial charge in [-0.2, -0.15) is 10.5 Å². The van der Waals surface area contributed by atoms with Gasteiger partial charge in [0, 0.05) is 0 Å². The smallest absolute Gasteiger partial charge is 0.137 e. The van der Waals surface area contributed by atoms with Crippen LogP contribution in [-0.4, -0.2) is 0 Å². The van der Waals surface area contributed by atoms with Gasteiger partial charge in [-0.15, -0.1) is 0 Å². The Labute approximate surface area is 116 Å². The molecule has 0 spiro atoms. The SMILES string of the molecule is C/C(=C\c1ccc(C(C)(C)C)cc1)CC(C#N)C#N. The van der Waals surface area contributed by atoms with Crippen molar-refractivity contribution < 1.29 is 0 Å². The second-order valence-electron chi connectivity index (χ2n) is 5.88. The summed E-state index contributed by atoms with van der Waals surface area (Å²) in [7, 11) is 0. The lowest BCUT2D eigenvalue weighted by Gasteiger charge is -2.18. The summed E-state index contributed by atoms with van der Waals surface area (Å²) in [6.45, 7) is 8.52. The van der Waals surface area contributed by atoms with Crippen LogP contribution < -0.4 is 0 Å². The molecule has 2 nitrogen and oxygen atoms in total. The van der Waals surface area contributed by atoms with Gasteiger partial charge in [-0.3, -0.25) is 0 Å². The predicted molar refractivity (Wildman–Crippen MR) is 78.1 cm³/mol. The van der Waals surface area contributed by atoms with E-state index in [4.69, 9.17) is 10.5 Å². The molecule has 1 aromatic carbocycles. The first kappa shape index (κ1) is 15.0. The summed E-state index contributed by atoms with van der Waals surface area (Å²) in [6, 6.07) is 12.4. The molecule has 0 radical (unpaired) electrons. The molecular formula is C17H20N2. The van der Waals surface area contributed by atoms with E-state index < -0.39 is 5.92 Å². The minimum atomic E-state index is -0.551. The fraction of sp³-hybridized carbons (Fsp3) is 0.412. The summed E-state index contributed by atoms with van der Waals surface area (Å²) in [5, 5.41) is 17.5. The zero-order valence-corrected chi connectivity index (χ0v) is 12.1. The van der Waals surface area contributed by atoms with Crippen LogP contribution >= 0.6 is 0 Å². The van der Waals surface area contributed by atoms with E-state index >= 15 is 0 Å². The Balaban J connectivity index is 2.83. The second-order valence-corrected chi connectivity index (χ2v) is 5.88. The van der Waals surface area contributed by atoms with Crippen LogP contribution in [0.25, 0.3) is 6.08 Å². The van der Waals surface area contributed by atoms with Crippen molar-refractivity contribution in [2.75, 3.05) is 0 Å². The van der Waals surface area contributed by atoms with E-state index in [1.54, 1.807) is 0 Å². The summed E-state index contributed by atoms with van der Waals surface area (Å²) >= 11 is 0. The van der Waals surface area contributed by atoms with Crippen LogP contribution in [0.5, 0.6) is 0 Å². The minimum Gasteiger partial charge on any atom is -0.197 e. The third-order valence-corrected chi connectivity index (χ3v) is 3.03. The van der Waals surface area contributed by atoms with Gasteiger partial charge in [0.05, 0.1) is 12.1 Å². The molecule has 0 bridgehead atoms. The monoisotopic (exact) mass is 252 g/mol. The standard InChI is InChI=1S/C17H20N2/c1-13(10-15(11-18)12-19)9-14-5-7-16(8-6-14)17(2,3)4/h5-9,15H,10H2,1-4H3/b13-9+. The van der Waals surface area contributed by atoms with Crippen LogP contribution in [0.15, 0.2) is 29.8 Å². The lowest BCUT2D eigenvalue weighted by atomic mass is 9.86. The molecule has 0 aliphatic heterocycles. The second kappa shape index (κ2) is 6.21. The average molecular weight is 252 g/mol. The zero-order valence-electron chi connectivity index (χ0n) is 12.1. The Morgan fingerprint density at radius 3 is 2.11 bits per heavy atom. The minimum absolute atomic E-state index is 0.157. The highest BCUT2D eigenvalue weighted by Crippen LogP contribution is 2.23. The molecular weight excluding hydrogens is 232 g/mol. The molecule has 0 saturated carbocycles. The summed E-state index contributed by atoms with van der Waals surface area (Å²) in [5.41, 5.74) is 3.62. The van der Waals surface area contributed by atoms with Gasteiger partial charge in [0.2, 0.25) is 0 Å². The van der Waals surface area contributed by atoms with Gasteiger partial charge in [0.15, 0.2) is 0 Å². The Hall–Kier alpha value is -2.06. The van der Waals surface area contributed by atoms with E-state index in [2.05, 4.69) is 45.0 Å². The molecule has 0 heterocycles. The quantitative estimate of drug-likeness (QED) is 0.798. The average Bonchev–Trinajstić information content (AvgIpc) is 2.35. The van der Waals surface area contributed by atoms with Crippen LogP contribution in [0.4, 0.5) is 0 Å². The van der Waals surface area contributed by atoms with Crippen molar-refractivity contribution in [3.63, 3.8) is 0 Å². The lowest BCUT2D eigenvalue weighted by molar-refractivity contribution is 0.590. The highest BCUT2D eigenvalue weighted by molar-refractivity contribution is 5.53. The van der Waals surface area contributed by atoms with E-state index in [1.165, 1.54) is 5.56 Å². The van der Waals surface area contributed by atoms with E-state index in [0.29, 0.717) is 6.42 Å². The van der Waals surface area contributed by atoms with E-state index in [1.807, 2.05) is 25.1 Å². The molecule has 1 aromatic rings. The molecule has 0 atom stereocenters. The van der Waals surface area contributed by atoms with Crippen molar-refractivity contribution in [3.05, 3.63) is 41.0 Å². The van der Waals surface area contributed by atoms with E-state index in [9.17, 15) is 0 Å². The number of nitriles is 2. The molecule has 1 rings (SSSR count). The van der Waals surface area contributed by atoms with Crippen molar-refractivity contribution in [1.82, 2.24) is 0 Å². The van der Waals surface area contributed by atoms with Gasteiger partial charge in [-0.25, -0.2) is 0 Å². The van der Waals surface area contributed by atoms with Gasteiger partial charge in [0.25, 0.3) is 0 Å². The van der Waals surface area contributed by atoms with Crippen LogP contribution in [0, 0.1) is 28.6 Å². The third kappa shape index (κ3) is 4.60. The molecule has 19 heavy (non-hydrogen) atoms. The zero-order chi connectivity index (χ0) is 14.5. The van der Waals surface area contributed by atoms with Gasteiger partial charge in [-0.1, -0.05) is 56.7 Å². The van der Waals surface area contributed by atoms with Crippen molar-refractivity contribution >= 4 is 6.08 Å². The van der Waals surface area contributed by atoms with Gasteiger partial charge < -0.3 is 0 Å². The molecule has 0 amide bonds. The first-order chi connectivity index (χ1) is 8.86. The number of allylic oxidation sites excluding steroid dienone is 1. The maximum Gasteiger partial charge on any atom is 0.137 e. The highest BCUT2D eigenvalue weighted by atomic mass is 14.3. The van der Waals surface area contributed by atoms with Gasteiger partial charge in [0.1, 0.15) is 5.92 Å². The number of benzene rings is 1.